The van der Waals surface area contributed by atoms with Gasteiger partial charge in [0.05, 0.1) is 11.8 Å². The van der Waals surface area contributed by atoms with E-state index >= 15 is 0 Å². The molecule has 0 radical (unpaired) electrons. The fraction of sp³-hybridized carbons (Fsp3) is 0.600. The van der Waals surface area contributed by atoms with Crippen molar-refractivity contribution in [1.82, 2.24) is 5.32 Å². The van der Waals surface area contributed by atoms with E-state index in [0.717, 1.165) is 24.9 Å². The van der Waals surface area contributed by atoms with Crippen LogP contribution in [0, 0.1) is 11.7 Å². The van der Waals surface area contributed by atoms with Gasteiger partial charge in [-0.1, -0.05) is 12.1 Å². The van der Waals surface area contributed by atoms with Crippen LogP contribution in [0.15, 0.2) is 18.2 Å². The molecule has 4 heteroatoms. The number of anilines is 1. The number of aliphatic hydroxyl groups excluding tert-OH is 1. The molecule has 0 amide bonds. The van der Waals surface area contributed by atoms with Gasteiger partial charge in [-0.25, -0.2) is 4.39 Å². The third-order valence-electron chi connectivity index (χ3n) is 4.04. The van der Waals surface area contributed by atoms with Crippen molar-refractivity contribution < 1.29 is 9.50 Å². The zero-order valence-electron chi connectivity index (χ0n) is 11.9. The number of nitrogens with zero attached hydrogens (tertiary/aromatic N) is 1. The Morgan fingerprint density at radius 2 is 2.16 bits per heavy atom. The Balaban J connectivity index is 2.17. The third kappa shape index (κ3) is 3.07. The molecule has 19 heavy (non-hydrogen) atoms. The fourth-order valence-corrected chi connectivity index (χ4v) is 2.77. The summed E-state index contributed by atoms with van der Waals surface area (Å²) in [4.78, 5) is 1.98. The summed E-state index contributed by atoms with van der Waals surface area (Å²) in [6, 6.07) is 5.34. The summed E-state index contributed by atoms with van der Waals surface area (Å²) in [6.45, 7) is 2.82. The number of nitrogens with one attached hydrogen (secondary N) is 1. The summed E-state index contributed by atoms with van der Waals surface area (Å²) in [5.74, 6) is 0.291. The number of halogens is 1. The van der Waals surface area contributed by atoms with E-state index in [9.17, 15) is 9.50 Å². The Labute approximate surface area is 114 Å². The molecular weight excluding hydrogens is 243 g/mol. The molecule has 2 rings (SSSR count). The second-order valence-corrected chi connectivity index (χ2v) is 5.56. The van der Waals surface area contributed by atoms with Crippen LogP contribution in [-0.2, 0) is 0 Å². The lowest BCUT2D eigenvalue weighted by atomic mass is 9.82. The molecule has 1 aliphatic carbocycles. The van der Waals surface area contributed by atoms with Crippen LogP contribution in [0.5, 0.6) is 0 Å². The molecular formula is C15H23FN2O. The second kappa shape index (κ2) is 5.88. The highest BCUT2D eigenvalue weighted by molar-refractivity contribution is 5.55. The maximum Gasteiger partial charge on any atom is 0.146 e. The van der Waals surface area contributed by atoms with Crippen LogP contribution in [0.1, 0.15) is 31.4 Å². The molecule has 106 valence electrons. The number of hydrogen-bond donors (Lipinski definition) is 2. The Morgan fingerprint density at radius 3 is 2.74 bits per heavy atom. The van der Waals surface area contributed by atoms with Gasteiger partial charge in [0.1, 0.15) is 5.82 Å². The summed E-state index contributed by atoms with van der Waals surface area (Å²) >= 11 is 0. The van der Waals surface area contributed by atoms with Gasteiger partial charge in [-0.05, 0) is 44.4 Å². The van der Waals surface area contributed by atoms with Crippen LogP contribution in [0.2, 0.25) is 0 Å². The van der Waals surface area contributed by atoms with E-state index in [1.54, 1.807) is 6.07 Å². The summed E-state index contributed by atoms with van der Waals surface area (Å²) in [5, 5.41) is 12.5. The van der Waals surface area contributed by atoms with Crippen molar-refractivity contribution in [2.45, 2.75) is 31.9 Å². The lowest BCUT2D eigenvalue weighted by molar-refractivity contribution is 0.0464. The monoisotopic (exact) mass is 266 g/mol. The zero-order chi connectivity index (χ0) is 14.0. The van der Waals surface area contributed by atoms with Crippen LogP contribution >= 0.6 is 0 Å². The van der Waals surface area contributed by atoms with E-state index in [-0.39, 0.29) is 18.0 Å². The standard InChI is InChI=1S/C15H23FN2O/c1-10(17-2)13-5-4-6-14(16)15(13)18(3)9-11-7-12(19)8-11/h4-6,10-12,17,19H,7-9H2,1-3H3. The lowest BCUT2D eigenvalue weighted by Crippen LogP contribution is -2.38. The topological polar surface area (TPSA) is 35.5 Å². The van der Waals surface area contributed by atoms with Crippen LogP contribution in [0.3, 0.4) is 0 Å². The van der Waals surface area contributed by atoms with Gasteiger partial charge in [0.15, 0.2) is 0 Å². The first kappa shape index (κ1) is 14.3. The van der Waals surface area contributed by atoms with Crippen molar-refractivity contribution >= 4 is 5.69 Å². The van der Waals surface area contributed by atoms with E-state index in [2.05, 4.69) is 5.32 Å². The molecule has 1 unspecified atom stereocenters. The quantitative estimate of drug-likeness (QED) is 0.858. The van der Waals surface area contributed by atoms with Crippen molar-refractivity contribution in [2.24, 2.45) is 5.92 Å². The Morgan fingerprint density at radius 1 is 1.47 bits per heavy atom. The van der Waals surface area contributed by atoms with Gasteiger partial charge < -0.3 is 15.3 Å². The molecule has 1 aromatic carbocycles. The van der Waals surface area contributed by atoms with Crippen molar-refractivity contribution in [3.05, 3.63) is 29.6 Å². The number of aliphatic hydroxyl groups is 1. The van der Waals surface area contributed by atoms with E-state index < -0.39 is 0 Å². The highest BCUT2D eigenvalue weighted by Crippen LogP contribution is 2.33. The third-order valence-corrected chi connectivity index (χ3v) is 4.04. The van der Waals surface area contributed by atoms with Crippen LogP contribution in [0.4, 0.5) is 10.1 Å². The van der Waals surface area contributed by atoms with Crippen LogP contribution < -0.4 is 10.2 Å². The molecule has 2 N–H and O–H groups in total. The highest BCUT2D eigenvalue weighted by Gasteiger charge is 2.29. The molecule has 0 saturated heterocycles. The SMILES string of the molecule is CNC(C)c1cccc(F)c1N(C)CC1CC(O)C1. The van der Waals surface area contributed by atoms with Gasteiger partial charge in [-0.2, -0.15) is 0 Å². The predicted octanol–water partition coefficient (Wildman–Crippen LogP) is 2.31. The lowest BCUT2D eigenvalue weighted by Gasteiger charge is -2.36. The number of benzene rings is 1. The minimum atomic E-state index is -0.179. The molecule has 1 aromatic rings. The summed E-state index contributed by atoms with van der Waals surface area (Å²) in [6.07, 6.45) is 1.50. The van der Waals surface area contributed by atoms with Crippen molar-refractivity contribution in [1.29, 1.82) is 0 Å². The van der Waals surface area contributed by atoms with Crippen molar-refractivity contribution in [3.63, 3.8) is 0 Å². The number of hydrogen-bond acceptors (Lipinski definition) is 3. The first-order chi connectivity index (χ1) is 9.02. The summed E-state index contributed by atoms with van der Waals surface area (Å²) in [7, 11) is 3.80. The molecule has 3 nitrogen and oxygen atoms in total. The van der Waals surface area contributed by atoms with E-state index in [1.165, 1.54) is 6.07 Å². The Kier molecular flexibility index (Phi) is 4.42. The first-order valence-corrected chi connectivity index (χ1v) is 6.87. The Hall–Kier alpha value is -1.13. The smallest absolute Gasteiger partial charge is 0.146 e. The minimum Gasteiger partial charge on any atom is -0.393 e. The molecule has 0 bridgehead atoms. The van der Waals surface area contributed by atoms with Gasteiger partial charge >= 0.3 is 0 Å². The molecule has 0 aromatic heterocycles. The highest BCUT2D eigenvalue weighted by atomic mass is 19.1. The Bertz CT molecular complexity index is 432. The molecule has 1 saturated carbocycles. The average Bonchev–Trinajstić information content (AvgIpc) is 2.35. The van der Waals surface area contributed by atoms with Crippen LogP contribution in [0.25, 0.3) is 0 Å². The van der Waals surface area contributed by atoms with E-state index in [1.807, 2.05) is 32.0 Å². The van der Waals surface area contributed by atoms with Gasteiger partial charge in [-0.15, -0.1) is 0 Å². The molecule has 0 heterocycles. The second-order valence-electron chi connectivity index (χ2n) is 5.56. The van der Waals surface area contributed by atoms with Crippen molar-refractivity contribution in [3.8, 4) is 0 Å². The molecule has 0 spiro atoms. The van der Waals surface area contributed by atoms with Gasteiger partial charge in [-0.3, -0.25) is 0 Å². The fourth-order valence-electron chi connectivity index (χ4n) is 2.77. The van der Waals surface area contributed by atoms with Gasteiger partial charge in [0.25, 0.3) is 0 Å². The normalized spacial score (nSPS) is 23.8. The number of rotatable bonds is 5. The molecule has 0 aliphatic heterocycles. The van der Waals surface area contributed by atoms with Gasteiger partial charge in [0.2, 0.25) is 0 Å². The molecule has 1 fully saturated rings. The first-order valence-electron chi connectivity index (χ1n) is 6.87. The zero-order valence-corrected chi connectivity index (χ0v) is 11.9. The predicted molar refractivity (Wildman–Crippen MR) is 75.9 cm³/mol. The van der Waals surface area contributed by atoms with E-state index in [4.69, 9.17) is 0 Å². The molecule has 1 aliphatic rings. The molecule has 1 atom stereocenters. The average molecular weight is 266 g/mol. The number of para-hydroxylation sites is 1. The van der Waals surface area contributed by atoms with E-state index in [0.29, 0.717) is 11.6 Å². The summed E-state index contributed by atoms with van der Waals surface area (Å²) < 4.78 is 14.1. The van der Waals surface area contributed by atoms with Gasteiger partial charge in [0, 0.05) is 19.6 Å². The largest absolute Gasteiger partial charge is 0.393 e. The minimum absolute atomic E-state index is 0.111. The maximum absolute atomic E-state index is 14.1. The van der Waals surface area contributed by atoms with Crippen molar-refractivity contribution in [2.75, 3.05) is 25.5 Å². The summed E-state index contributed by atoms with van der Waals surface area (Å²) in [5.41, 5.74) is 1.65. The maximum atomic E-state index is 14.1. The van der Waals surface area contributed by atoms with Crippen LogP contribution in [-0.4, -0.2) is 31.9 Å².